The lowest BCUT2D eigenvalue weighted by Crippen LogP contribution is -2.23. The van der Waals surface area contributed by atoms with Crippen LogP contribution in [-0.4, -0.2) is 18.6 Å². The van der Waals surface area contributed by atoms with Crippen LogP contribution >= 0.6 is 11.6 Å². The van der Waals surface area contributed by atoms with Crippen molar-refractivity contribution in [1.82, 2.24) is 10.3 Å². The van der Waals surface area contributed by atoms with Crippen molar-refractivity contribution in [2.75, 3.05) is 13.7 Å². The van der Waals surface area contributed by atoms with E-state index in [2.05, 4.69) is 29.4 Å². The Balaban J connectivity index is 2.41. The minimum Gasteiger partial charge on any atom is -0.495 e. The molecule has 1 aromatic carbocycles. The van der Waals surface area contributed by atoms with Crippen molar-refractivity contribution < 1.29 is 4.74 Å². The van der Waals surface area contributed by atoms with Crippen molar-refractivity contribution in [3.8, 4) is 5.75 Å². The number of nitrogens with one attached hydrogen (secondary N) is 1. The van der Waals surface area contributed by atoms with E-state index in [1.165, 1.54) is 0 Å². The maximum Gasteiger partial charge on any atom is 0.137 e. The highest BCUT2D eigenvalue weighted by molar-refractivity contribution is 6.31. The van der Waals surface area contributed by atoms with Gasteiger partial charge in [-0.05, 0) is 48.7 Å². The molecule has 1 aromatic heterocycles. The SMILES string of the molecule is CCCNC(c1cncc(OC)c1)c1ccc(C)cc1Cl. The van der Waals surface area contributed by atoms with Gasteiger partial charge in [-0.15, -0.1) is 0 Å². The van der Waals surface area contributed by atoms with Gasteiger partial charge in [0.2, 0.25) is 0 Å². The van der Waals surface area contributed by atoms with E-state index in [0.29, 0.717) is 0 Å². The van der Waals surface area contributed by atoms with Crippen molar-refractivity contribution in [2.45, 2.75) is 26.3 Å². The Hall–Kier alpha value is -1.58. The van der Waals surface area contributed by atoms with E-state index in [4.69, 9.17) is 16.3 Å². The molecule has 112 valence electrons. The normalized spacial score (nSPS) is 12.2. The molecule has 1 unspecified atom stereocenters. The summed E-state index contributed by atoms with van der Waals surface area (Å²) in [6.45, 7) is 5.09. The molecule has 0 spiro atoms. The maximum absolute atomic E-state index is 6.44. The number of ether oxygens (including phenoxy) is 1. The second kappa shape index (κ2) is 7.43. The first kappa shape index (κ1) is 15.8. The third kappa shape index (κ3) is 3.96. The van der Waals surface area contributed by atoms with Gasteiger partial charge >= 0.3 is 0 Å². The number of aryl methyl sites for hydroxylation is 1. The first-order chi connectivity index (χ1) is 10.2. The molecular weight excluding hydrogens is 284 g/mol. The van der Waals surface area contributed by atoms with Crippen LogP contribution in [0.4, 0.5) is 0 Å². The monoisotopic (exact) mass is 304 g/mol. The number of rotatable bonds is 6. The van der Waals surface area contributed by atoms with Crippen LogP contribution in [0.5, 0.6) is 5.75 Å². The molecule has 0 saturated carbocycles. The molecule has 0 amide bonds. The van der Waals surface area contributed by atoms with Crippen molar-refractivity contribution in [3.63, 3.8) is 0 Å². The molecule has 3 nitrogen and oxygen atoms in total. The van der Waals surface area contributed by atoms with Gasteiger partial charge < -0.3 is 10.1 Å². The van der Waals surface area contributed by atoms with Gasteiger partial charge in [-0.1, -0.05) is 30.7 Å². The van der Waals surface area contributed by atoms with E-state index in [0.717, 1.165) is 40.4 Å². The fourth-order valence-corrected chi connectivity index (χ4v) is 2.61. The zero-order valence-electron chi connectivity index (χ0n) is 12.7. The van der Waals surface area contributed by atoms with Gasteiger partial charge in [-0.25, -0.2) is 0 Å². The molecule has 0 aliphatic heterocycles. The molecule has 4 heteroatoms. The van der Waals surface area contributed by atoms with Crippen LogP contribution in [0.25, 0.3) is 0 Å². The number of benzene rings is 1. The first-order valence-corrected chi connectivity index (χ1v) is 7.52. The molecule has 2 rings (SSSR count). The lowest BCUT2D eigenvalue weighted by Gasteiger charge is -2.21. The number of pyridine rings is 1. The fourth-order valence-electron chi connectivity index (χ4n) is 2.27. The van der Waals surface area contributed by atoms with E-state index < -0.39 is 0 Å². The van der Waals surface area contributed by atoms with Gasteiger partial charge in [0.15, 0.2) is 0 Å². The highest BCUT2D eigenvalue weighted by Gasteiger charge is 2.17. The summed E-state index contributed by atoms with van der Waals surface area (Å²) in [6, 6.07) is 8.15. The summed E-state index contributed by atoms with van der Waals surface area (Å²) in [4.78, 5) is 4.25. The van der Waals surface area contributed by atoms with E-state index >= 15 is 0 Å². The predicted molar refractivity (Wildman–Crippen MR) is 87.1 cm³/mol. The van der Waals surface area contributed by atoms with Gasteiger partial charge in [0, 0.05) is 11.2 Å². The third-order valence-electron chi connectivity index (χ3n) is 3.37. The Morgan fingerprint density at radius 1 is 1.29 bits per heavy atom. The van der Waals surface area contributed by atoms with Crippen LogP contribution in [-0.2, 0) is 0 Å². The van der Waals surface area contributed by atoms with Gasteiger partial charge in [0.05, 0.1) is 19.3 Å². The largest absolute Gasteiger partial charge is 0.495 e. The average molecular weight is 305 g/mol. The molecule has 0 saturated heterocycles. The molecule has 0 aliphatic rings. The van der Waals surface area contributed by atoms with Crippen LogP contribution in [0, 0.1) is 6.92 Å². The molecule has 1 heterocycles. The van der Waals surface area contributed by atoms with Crippen LogP contribution in [0.2, 0.25) is 5.02 Å². The summed E-state index contributed by atoms with van der Waals surface area (Å²) >= 11 is 6.44. The lowest BCUT2D eigenvalue weighted by molar-refractivity contribution is 0.411. The van der Waals surface area contributed by atoms with Crippen molar-refractivity contribution >= 4 is 11.6 Å². The Morgan fingerprint density at radius 3 is 2.76 bits per heavy atom. The quantitative estimate of drug-likeness (QED) is 0.871. The van der Waals surface area contributed by atoms with Crippen molar-refractivity contribution in [2.24, 2.45) is 0 Å². The predicted octanol–water partition coefficient (Wildman–Crippen LogP) is 4.14. The molecular formula is C17H21ClN2O. The zero-order chi connectivity index (χ0) is 15.2. The average Bonchev–Trinajstić information content (AvgIpc) is 2.49. The molecule has 0 bridgehead atoms. The Labute approximate surface area is 131 Å². The minimum atomic E-state index is 0.0145. The number of halogens is 1. The Kier molecular flexibility index (Phi) is 5.59. The van der Waals surface area contributed by atoms with Crippen molar-refractivity contribution in [1.29, 1.82) is 0 Å². The summed E-state index contributed by atoms with van der Waals surface area (Å²) in [6.07, 6.45) is 4.61. The molecule has 1 atom stereocenters. The Bertz CT molecular complexity index is 601. The smallest absolute Gasteiger partial charge is 0.137 e. The molecule has 0 aliphatic carbocycles. The van der Waals surface area contributed by atoms with Crippen LogP contribution in [0.1, 0.15) is 36.1 Å². The number of hydrogen-bond acceptors (Lipinski definition) is 3. The van der Waals surface area contributed by atoms with Gasteiger partial charge in [0.25, 0.3) is 0 Å². The van der Waals surface area contributed by atoms with Gasteiger partial charge in [-0.2, -0.15) is 0 Å². The summed E-state index contributed by atoms with van der Waals surface area (Å²) in [7, 11) is 1.65. The first-order valence-electron chi connectivity index (χ1n) is 7.14. The molecule has 0 radical (unpaired) electrons. The number of nitrogens with zero attached hydrogens (tertiary/aromatic N) is 1. The van der Waals surface area contributed by atoms with E-state index in [-0.39, 0.29) is 6.04 Å². The molecule has 2 aromatic rings. The summed E-state index contributed by atoms with van der Waals surface area (Å²) < 4.78 is 5.27. The highest BCUT2D eigenvalue weighted by Crippen LogP contribution is 2.30. The van der Waals surface area contributed by atoms with E-state index in [1.807, 2.05) is 25.3 Å². The van der Waals surface area contributed by atoms with E-state index in [9.17, 15) is 0 Å². The maximum atomic E-state index is 6.44. The standard InChI is InChI=1S/C17H21ClN2O/c1-4-7-20-17(13-9-14(21-3)11-19-10-13)15-6-5-12(2)8-16(15)18/h5-6,8-11,17,20H,4,7H2,1-3H3. The zero-order valence-corrected chi connectivity index (χ0v) is 13.4. The molecule has 21 heavy (non-hydrogen) atoms. The summed E-state index contributed by atoms with van der Waals surface area (Å²) in [5.74, 6) is 0.749. The second-order valence-corrected chi connectivity index (χ2v) is 5.48. The highest BCUT2D eigenvalue weighted by atomic mass is 35.5. The second-order valence-electron chi connectivity index (χ2n) is 5.07. The van der Waals surface area contributed by atoms with Gasteiger partial charge in [0.1, 0.15) is 5.75 Å². The van der Waals surface area contributed by atoms with Crippen LogP contribution in [0.15, 0.2) is 36.7 Å². The molecule has 1 N–H and O–H groups in total. The minimum absolute atomic E-state index is 0.0145. The summed E-state index contributed by atoms with van der Waals surface area (Å²) in [5, 5.41) is 4.30. The third-order valence-corrected chi connectivity index (χ3v) is 3.70. The Morgan fingerprint density at radius 2 is 2.10 bits per heavy atom. The number of hydrogen-bond donors (Lipinski definition) is 1. The summed E-state index contributed by atoms with van der Waals surface area (Å²) in [5.41, 5.74) is 3.26. The van der Waals surface area contributed by atoms with Crippen LogP contribution in [0.3, 0.4) is 0 Å². The topological polar surface area (TPSA) is 34.2 Å². The lowest BCUT2D eigenvalue weighted by atomic mass is 9.98. The fraction of sp³-hybridized carbons (Fsp3) is 0.353. The van der Waals surface area contributed by atoms with Crippen molar-refractivity contribution in [3.05, 3.63) is 58.4 Å². The number of aromatic nitrogens is 1. The number of methoxy groups -OCH3 is 1. The van der Waals surface area contributed by atoms with Gasteiger partial charge in [-0.3, -0.25) is 4.98 Å². The van der Waals surface area contributed by atoms with Crippen LogP contribution < -0.4 is 10.1 Å². The van der Waals surface area contributed by atoms with E-state index in [1.54, 1.807) is 13.3 Å². The molecule has 0 fully saturated rings.